The summed E-state index contributed by atoms with van der Waals surface area (Å²) in [6.07, 6.45) is 1.10. The number of aliphatic hydroxyl groups is 1. The molecule has 0 amide bonds. The molecule has 0 aliphatic heterocycles. The van der Waals surface area contributed by atoms with Crippen LogP contribution in [0.4, 0.5) is 0 Å². The molecule has 3 N–H and O–H groups in total. The molecule has 14 heavy (non-hydrogen) atoms. The zero-order valence-electron chi connectivity index (χ0n) is 7.90. The Hall–Kier alpha value is -0.650. The molecule has 0 fully saturated rings. The van der Waals surface area contributed by atoms with E-state index in [0.29, 0.717) is 5.56 Å². The SMILES string of the molecule is CC(O)Cn1cc(Br)cc(CN)c1=O. The summed E-state index contributed by atoms with van der Waals surface area (Å²) >= 11 is 3.28. The Morgan fingerprint density at radius 1 is 1.71 bits per heavy atom. The van der Waals surface area contributed by atoms with E-state index in [-0.39, 0.29) is 18.6 Å². The van der Waals surface area contributed by atoms with Gasteiger partial charge in [-0.15, -0.1) is 0 Å². The van der Waals surface area contributed by atoms with E-state index in [2.05, 4.69) is 15.9 Å². The third-order valence-corrected chi connectivity index (χ3v) is 2.24. The van der Waals surface area contributed by atoms with Gasteiger partial charge in [0, 0.05) is 22.8 Å². The lowest BCUT2D eigenvalue weighted by atomic mass is 10.2. The summed E-state index contributed by atoms with van der Waals surface area (Å²) in [6, 6.07) is 1.70. The summed E-state index contributed by atoms with van der Waals surface area (Å²) in [5, 5.41) is 9.18. The lowest BCUT2D eigenvalue weighted by Gasteiger charge is -2.10. The van der Waals surface area contributed by atoms with Gasteiger partial charge in [-0.1, -0.05) is 0 Å². The van der Waals surface area contributed by atoms with E-state index < -0.39 is 6.10 Å². The van der Waals surface area contributed by atoms with Crippen LogP contribution in [-0.4, -0.2) is 15.8 Å². The Morgan fingerprint density at radius 3 is 2.86 bits per heavy atom. The number of hydrogen-bond acceptors (Lipinski definition) is 3. The molecule has 0 aromatic carbocycles. The third kappa shape index (κ3) is 2.67. The maximum Gasteiger partial charge on any atom is 0.255 e. The van der Waals surface area contributed by atoms with Crippen LogP contribution in [0.1, 0.15) is 12.5 Å². The molecule has 0 radical (unpaired) electrons. The van der Waals surface area contributed by atoms with Crippen LogP contribution in [0.15, 0.2) is 21.5 Å². The Kier molecular flexibility index (Phi) is 3.86. The van der Waals surface area contributed by atoms with Crippen LogP contribution in [0.2, 0.25) is 0 Å². The number of hydrogen-bond donors (Lipinski definition) is 2. The zero-order chi connectivity index (χ0) is 10.7. The monoisotopic (exact) mass is 260 g/mol. The van der Waals surface area contributed by atoms with Crippen molar-refractivity contribution >= 4 is 15.9 Å². The molecular weight excluding hydrogens is 248 g/mol. The molecule has 1 unspecified atom stereocenters. The van der Waals surface area contributed by atoms with Gasteiger partial charge < -0.3 is 15.4 Å². The largest absolute Gasteiger partial charge is 0.392 e. The van der Waals surface area contributed by atoms with Crippen LogP contribution >= 0.6 is 15.9 Å². The second-order valence-electron chi connectivity index (χ2n) is 3.19. The molecule has 1 atom stereocenters. The Balaban J connectivity index is 3.16. The van der Waals surface area contributed by atoms with Gasteiger partial charge in [-0.05, 0) is 28.9 Å². The normalized spacial score (nSPS) is 12.9. The number of pyridine rings is 1. The highest BCUT2D eigenvalue weighted by Gasteiger charge is 2.06. The minimum absolute atomic E-state index is 0.142. The number of rotatable bonds is 3. The van der Waals surface area contributed by atoms with Crippen LogP contribution in [0.5, 0.6) is 0 Å². The second kappa shape index (κ2) is 4.72. The average molecular weight is 261 g/mol. The molecule has 4 nitrogen and oxygen atoms in total. The predicted molar refractivity (Wildman–Crippen MR) is 58.0 cm³/mol. The van der Waals surface area contributed by atoms with Crippen molar-refractivity contribution in [2.24, 2.45) is 5.73 Å². The van der Waals surface area contributed by atoms with Crippen molar-refractivity contribution < 1.29 is 5.11 Å². The smallest absolute Gasteiger partial charge is 0.255 e. The summed E-state index contributed by atoms with van der Waals surface area (Å²) in [5.41, 5.74) is 5.82. The van der Waals surface area contributed by atoms with Gasteiger partial charge in [-0.3, -0.25) is 4.79 Å². The van der Waals surface area contributed by atoms with Crippen molar-refractivity contribution in [3.8, 4) is 0 Å². The molecule has 1 aromatic rings. The minimum atomic E-state index is -0.548. The zero-order valence-corrected chi connectivity index (χ0v) is 9.49. The van der Waals surface area contributed by atoms with Crippen LogP contribution in [0.3, 0.4) is 0 Å². The molecule has 1 aromatic heterocycles. The molecular formula is C9H13BrN2O2. The summed E-state index contributed by atoms with van der Waals surface area (Å²) in [5.74, 6) is 0. The van der Waals surface area contributed by atoms with E-state index >= 15 is 0 Å². The fourth-order valence-electron chi connectivity index (χ4n) is 1.22. The summed E-state index contributed by atoms with van der Waals surface area (Å²) < 4.78 is 2.25. The third-order valence-electron chi connectivity index (χ3n) is 1.81. The standard InChI is InChI=1S/C9H13BrN2O2/c1-6(13)4-12-5-8(10)2-7(3-11)9(12)14/h2,5-6,13H,3-4,11H2,1H3. The maximum absolute atomic E-state index is 11.6. The highest BCUT2D eigenvalue weighted by molar-refractivity contribution is 9.10. The quantitative estimate of drug-likeness (QED) is 0.830. The van der Waals surface area contributed by atoms with Gasteiger partial charge in [0.2, 0.25) is 0 Å². The Morgan fingerprint density at radius 2 is 2.36 bits per heavy atom. The molecule has 0 aliphatic carbocycles. The van der Waals surface area contributed by atoms with Crippen molar-refractivity contribution in [3.63, 3.8) is 0 Å². The van der Waals surface area contributed by atoms with Gasteiger partial charge >= 0.3 is 0 Å². The lowest BCUT2D eigenvalue weighted by molar-refractivity contribution is 0.172. The summed E-state index contributed by atoms with van der Waals surface area (Å²) in [4.78, 5) is 11.6. The van der Waals surface area contributed by atoms with Gasteiger partial charge in [0.25, 0.3) is 5.56 Å². The first-order valence-corrected chi connectivity index (χ1v) is 5.11. The molecule has 0 aliphatic rings. The molecule has 78 valence electrons. The first-order valence-electron chi connectivity index (χ1n) is 4.31. The molecule has 1 rings (SSSR count). The lowest BCUT2D eigenvalue weighted by Crippen LogP contribution is -2.28. The number of nitrogens with zero attached hydrogens (tertiary/aromatic N) is 1. The highest BCUT2D eigenvalue weighted by atomic mass is 79.9. The second-order valence-corrected chi connectivity index (χ2v) is 4.11. The van der Waals surface area contributed by atoms with Gasteiger partial charge in [-0.25, -0.2) is 0 Å². The first kappa shape index (κ1) is 11.4. The fourth-order valence-corrected chi connectivity index (χ4v) is 1.75. The van der Waals surface area contributed by atoms with Crippen molar-refractivity contribution in [1.29, 1.82) is 0 Å². The molecule has 5 heteroatoms. The van der Waals surface area contributed by atoms with Gasteiger partial charge in [0.15, 0.2) is 0 Å². The van der Waals surface area contributed by atoms with Crippen LogP contribution in [-0.2, 0) is 13.1 Å². The van der Waals surface area contributed by atoms with Crippen molar-refractivity contribution in [2.75, 3.05) is 0 Å². The van der Waals surface area contributed by atoms with Crippen molar-refractivity contribution in [3.05, 3.63) is 32.7 Å². The molecule has 0 bridgehead atoms. The number of halogens is 1. The van der Waals surface area contributed by atoms with Crippen LogP contribution in [0, 0.1) is 0 Å². The average Bonchev–Trinajstić information content (AvgIpc) is 2.09. The minimum Gasteiger partial charge on any atom is -0.392 e. The Labute approximate surface area is 90.5 Å². The number of aromatic nitrogens is 1. The maximum atomic E-state index is 11.6. The van der Waals surface area contributed by atoms with Gasteiger partial charge in [0.05, 0.1) is 12.6 Å². The van der Waals surface area contributed by atoms with E-state index in [1.807, 2.05) is 0 Å². The number of nitrogens with two attached hydrogens (primary N) is 1. The van der Waals surface area contributed by atoms with E-state index in [9.17, 15) is 9.90 Å². The summed E-state index contributed by atoms with van der Waals surface area (Å²) in [7, 11) is 0. The molecule has 0 saturated carbocycles. The predicted octanol–water partition coefficient (Wildman–Crippen LogP) is 0.450. The highest BCUT2D eigenvalue weighted by Crippen LogP contribution is 2.08. The van der Waals surface area contributed by atoms with Gasteiger partial charge in [0.1, 0.15) is 0 Å². The fraction of sp³-hybridized carbons (Fsp3) is 0.444. The molecule has 1 heterocycles. The van der Waals surface area contributed by atoms with E-state index in [1.54, 1.807) is 19.2 Å². The van der Waals surface area contributed by atoms with Crippen molar-refractivity contribution in [1.82, 2.24) is 4.57 Å². The summed E-state index contributed by atoms with van der Waals surface area (Å²) in [6.45, 7) is 2.12. The molecule has 0 spiro atoms. The van der Waals surface area contributed by atoms with E-state index in [0.717, 1.165) is 4.47 Å². The molecule has 0 saturated heterocycles. The van der Waals surface area contributed by atoms with Crippen LogP contribution in [0.25, 0.3) is 0 Å². The van der Waals surface area contributed by atoms with Crippen LogP contribution < -0.4 is 11.3 Å². The van der Waals surface area contributed by atoms with Crippen molar-refractivity contribution in [2.45, 2.75) is 26.1 Å². The van der Waals surface area contributed by atoms with E-state index in [1.165, 1.54) is 4.57 Å². The van der Waals surface area contributed by atoms with Gasteiger partial charge in [-0.2, -0.15) is 0 Å². The topological polar surface area (TPSA) is 68.2 Å². The van der Waals surface area contributed by atoms with E-state index in [4.69, 9.17) is 5.73 Å². The number of aliphatic hydroxyl groups excluding tert-OH is 1. The Bertz CT molecular complexity index is 374. The first-order chi connectivity index (χ1) is 6.54.